The summed E-state index contributed by atoms with van der Waals surface area (Å²) in [5, 5.41) is 0.794. The standard InChI is InChI=1S/C10H16N4OS.ClH/c11-8-1-5-14(6-2-8)9(15)7-16-10-12-3-4-13-10;/h3-4,8H,1-2,5-7,11H2,(H,12,13);1H. The fraction of sp³-hybridized carbons (Fsp3) is 0.600. The van der Waals surface area contributed by atoms with Crippen molar-refractivity contribution >= 4 is 30.1 Å². The molecule has 1 amide bonds. The molecule has 0 atom stereocenters. The van der Waals surface area contributed by atoms with Crippen LogP contribution in [0.3, 0.4) is 0 Å². The number of carbonyl (C=O) groups is 1. The van der Waals surface area contributed by atoms with Gasteiger partial charge in [-0.2, -0.15) is 0 Å². The van der Waals surface area contributed by atoms with Crippen molar-refractivity contribution in [1.82, 2.24) is 14.9 Å². The molecule has 5 nitrogen and oxygen atoms in total. The number of likely N-dealkylation sites (tertiary alicyclic amines) is 1. The normalized spacial score (nSPS) is 16.6. The summed E-state index contributed by atoms with van der Waals surface area (Å²) in [7, 11) is 0. The number of rotatable bonds is 3. The first-order valence-corrected chi connectivity index (χ1v) is 6.40. The molecule has 0 aromatic carbocycles. The number of thioether (sulfide) groups is 1. The first-order chi connectivity index (χ1) is 7.75. The highest BCUT2D eigenvalue weighted by Gasteiger charge is 2.20. The van der Waals surface area contributed by atoms with Crippen molar-refractivity contribution in [2.24, 2.45) is 5.73 Å². The molecule has 1 aromatic heterocycles. The van der Waals surface area contributed by atoms with Gasteiger partial charge < -0.3 is 15.6 Å². The van der Waals surface area contributed by atoms with Crippen LogP contribution in [0.4, 0.5) is 0 Å². The smallest absolute Gasteiger partial charge is 0.233 e. The van der Waals surface area contributed by atoms with Crippen LogP contribution < -0.4 is 5.73 Å². The Bertz CT molecular complexity index is 338. The molecule has 0 bridgehead atoms. The van der Waals surface area contributed by atoms with Gasteiger partial charge in [-0.3, -0.25) is 4.79 Å². The number of amides is 1. The largest absolute Gasteiger partial charge is 0.342 e. The Morgan fingerprint density at radius 3 is 2.88 bits per heavy atom. The van der Waals surface area contributed by atoms with E-state index < -0.39 is 0 Å². The summed E-state index contributed by atoms with van der Waals surface area (Å²) in [4.78, 5) is 20.7. The minimum Gasteiger partial charge on any atom is -0.342 e. The quantitative estimate of drug-likeness (QED) is 0.804. The van der Waals surface area contributed by atoms with Gasteiger partial charge in [0.25, 0.3) is 0 Å². The number of H-pyrrole nitrogens is 1. The SMILES string of the molecule is Cl.NC1CCN(C(=O)CSc2ncc[nH]2)CC1. The van der Waals surface area contributed by atoms with Crippen LogP contribution in [0.15, 0.2) is 17.6 Å². The second-order valence-corrected chi connectivity index (χ2v) is 4.87. The first kappa shape index (κ1) is 14.3. The van der Waals surface area contributed by atoms with Gasteiger partial charge in [0.05, 0.1) is 5.75 Å². The average molecular weight is 277 g/mol. The number of aromatic nitrogens is 2. The summed E-state index contributed by atoms with van der Waals surface area (Å²) >= 11 is 1.44. The van der Waals surface area contributed by atoms with Crippen LogP contribution in [0.2, 0.25) is 0 Å². The summed E-state index contributed by atoms with van der Waals surface area (Å²) in [5.74, 6) is 0.622. The van der Waals surface area contributed by atoms with Crippen molar-refractivity contribution in [3.8, 4) is 0 Å². The number of nitrogens with one attached hydrogen (secondary N) is 1. The van der Waals surface area contributed by atoms with Gasteiger partial charge in [0.1, 0.15) is 0 Å². The zero-order valence-electron chi connectivity index (χ0n) is 9.46. The summed E-state index contributed by atoms with van der Waals surface area (Å²) in [6, 6.07) is 0.266. The molecule has 1 aromatic rings. The van der Waals surface area contributed by atoms with Gasteiger partial charge in [0.15, 0.2) is 5.16 Å². The van der Waals surface area contributed by atoms with Crippen molar-refractivity contribution in [3.63, 3.8) is 0 Å². The number of imidazole rings is 1. The predicted octanol–water partition coefficient (Wildman–Crippen LogP) is 0.873. The molecule has 7 heteroatoms. The molecule has 17 heavy (non-hydrogen) atoms. The van der Waals surface area contributed by atoms with Crippen molar-refractivity contribution < 1.29 is 4.79 Å². The van der Waals surface area contributed by atoms with Crippen LogP contribution in [0.25, 0.3) is 0 Å². The van der Waals surface area contributed by atoms with Gasteiger partial charge in [-0.25, -0.2) is 4.98 Å². The van der Waals surface area contributed by atoms with Crippen molar-refractivity contribution in [2.45, 2.75) is 24.0 Å². The van der Waals surface area contributed by atoms with Gasteiger partial charge in [0.2, 0.25) is 5.91 Å². The zero-order chi connectivity index (χ0) is 11.4. The van der Waals surface area contributed by atoms with Crippen molar-refractivity contribution in [1.29, 1.82) is 0 Å². The van der Waals surface area contributed by atoms with Gasteiger partial charge in [-0.15, -0.1) is 12.4 Å². The van der Waals surface area contributed by atoms with Gasteiger partial charge in [-0.1, -0.05) is 11.8 Å². The van der Waals surface area contributed by atoms with Crippen LogP contribution in [-0.4, -0.2) is 45.7 Å². The number of aromatic amines is 1. The Labute approximate surface area is 111 Å². The number of hydrogen-bond donors (Lipinski definition) is 2. The lowest BCUT2D eigenvalue weighted by molar-refractivity contribution is -0.129. The molecule has 1 saturated heterocycles. The van der Waals surface area contributed by atoms with Gasteiger partial charge >= 0.3 is 0 Å². The molecule has 1 aliphatic heterocycles. The molecule has 96 valence electrons. The van der Waals surface area contributed by atoms with Crippen LogP contribution >= 0.6 is 24.2 Å². The van der Waals surface area contributed by atoms with E-state index in [0.717, 1.165) is 31.1 Å². The maximum absolute atomic E-state index is 11.8. The molecule has 0 spiro atoms. The highest BCUT2D eigenvalue weighted by Crippen LogP contribution is 2.14. The van der Waals surface area contributed by atoms with E-state index in [1.54, 1.807) is 12.4 Å². The highest BCUT2D eigenvalue weighted by molar-refractivity contribution is 7.99. The lowest BCUT2D eigenvalue weighted by atomic mass is 10.1. The Kier molecular flexibility index (Phi) is 5.80. The average Bonchev–Trinajstić information content (AvgIpc) is 2.80. The third kappa shape index (κ3) is 4.22. The topological polar surface area (TPSA) is 75.0 Å². The molecule has 2 rings (SSSR count). The maximum Gasteiger partial charge on any atom is 0.233 e. The zero-order valence-corrected chi connectivity index (χ0v) is 11.1. The molecule has 1 aliphatic rings. The Morgan fingerprint density at radius 2 is 2.29 bits per heavy atom. The first-order valence-electron chi connectivity index (χ1n) is 5.41. The van der Waals surface area contributed by atoms with Crippen molar-refractivity contribution in [2.75, 3.05) is 18.8 Å². The molecule has 0 unspecified atom stereocenters. The van der Waals surface area contributed by atoms with Crippen LogP contribution in [0, 0.1) is 0 Å². The minimum absolute atomic E-state index is 0. The van der Waals surface area contributed by atoms with E-state index in [2.05, 4.69) is 9.97 Å². The fourth-order valence-electron chi connectivity index (χ4n) is 1.70. The number of nitrogens with zero attached hydrogens (tertiary/aromatic N) is 2. The fourth-order valence-corrected chi connectivity index (χ4v) is 2.43. The van der Waals surface area contributed by atoms with E-state index in [9.17, 15) is 4.79 Å². The molecule has 0 saturated carbocycles. The Morgan fingerprint density at radius 1 is 1.59 bits per heavy atom. The van der Waals surface area contributed by atoms with Gasteiger partial charge in [-0.05, 0) is 12.8 Å². The second-order valence-electron chi connectivity index (χ2n) is 3.90. The number of carbonyl (C=O) groups excluding carboxylic acids is 1. The van der Waals surface area contributed by atoms with E-state index >= 15 is 0 Å². The summed E-state index contributed by atoms with van der Waals surface area (Å²) in [6.07, 6.45) is 5.27. The third-order valence-electron chi connectivity index (χ3n) is 2.70. The molecular weight excluding hydrogens is 260 g/mol. The number of hydrogen-bond acceptors (Lipinski definition) is 4. The Hall–Kier alpha value is -0.720. The molecule has 0 radical (unpaired) electrons. The van der Waals surface area contributed by atoms with E-state index in [1.165, 1.54) is 11.8 Å². The van der Waals surface area contributed by atoms with Gasteiger partial charge in [0, 0.05) is 31.5 Å². The van der Waals surface area contributed by atoms with E-state index in [-0.39, 0.29) is 24.4 Å². The second kappa shape index (κ2) is 6.88. The number of nitrogens with two attached hydrogens (primary N) is 1. The predicted molar refractivity (Wildman–Crippen MR) is 70.3 cm³/mol. The number of piperidine rings is 1. The van der Waals surface area contributed by atoms with Crippen molar-refractivity contribution in [3.05, 3.63) is 12.4 Å². The lowest BCUT2D eigenvalue weighted by Crippen LogP contribution is -2.43. The molecule has 0 aliphatic carbocycles. The third-order valence-corrected chi connectivity index (χ3v) is 3.59. The highest BCUT2D eigenvalue weighted by atomic mass is 35.5. The Balaban J connectivity index is 0.00000144. The van der Waals surface area contributed by atoms with E-state index in [4.69, 9.17) is 5.73 Å². The number of halogens is 1. The van der Waals surface area contributed by atoms with Crippen LogP contribution in [0.5, 0.6) is 0 Å². The van der Waals surface area contributed by atoms with E-state index in [0.29, 0.717) is 5.75 Å². The summed E-state index contributed by atoms with van der Waals surface area (Å²) < 4.78 is 0. The summed E-state index contributed by atoms with van der Waals surface area (Å²) in [5.41, 5.74) is 5.79. The molecular formula is C10H17ClN4OS. The lowest BCUT2D eigenvalue weighted by Gasteiger charge is -2.30. The molecule has 1 fully saturated rings. The molecule has 3 N–H and O–H groups in total. The van der Waals surface area contributed by atoms with Crippen LogP contribution in [0.1, 0.15) is 12.8 Å². The minimum atomic E-state index is 0. The maximum atomic E-state index is 11.8. The molecule has 2 heterocycles. The summed E-state index contributed by atoms with van der Waals surface area (Å²) in [6.45, 7) is 1.58. The monoisotopic (exact) mass is 276 g/mol. The van der Waals surface area contributed by atoms with E-state index in [1.807, 2.05) is 4.90 Å². The van der Waals surface area contributed by atoms with Crippen LogP contribution in [-0.2, 0) is 4.79 Å².